The SMILES string of the molecule is NCC#Cc1ccc(Cn2cnc3ccccc32)c(F)c1. The molecule has 0 spiro atoms. The van der Waals surface area contributed by atoms with Crippen LogP contribution in [0.1, 0.15) is 11.1 Å². The van der Waals surface area contributed by atoms with Gasteiger partial charge in [-0.3, -0.25) is 0 Å². The van der Waals surface area contributed by atoms with Crippen LogP contribution in [0.2, 0.25) is 0 Å². The smallest absolute Gasteiger partial charge is 0.129 e. The van der Waals surface area contributed by atoms with Gasteiger partial charge < -0.3 is 10.3 Å². The number of hydrogen-bond donors (Lipinski definition) is 1. The number of benzene rings is 2. The minimum absolute atomic E-state index is 0.267. The minimum Gasteiger partial charge on any atom is -0.326 e. The highest BCUT2D eigenvalue weighted by atomic mass is 19.1. The van der Waals surface area contributed by atoms with E-state index in [1.807, 2.05) is 28.8 Å². The summed E-state index contributed by atoms with van der Waals surface area (Å²) in [7, 11) is 0. The molecule has 0 aliphatic rings. The minimum atomic E-state index is -0.267. The predicted octanol–water partition coefficient (Wildman–Crippen LogP) is 2.53. The molecule has 3 nitrogen and oxygen atoms in total. The van der Waals surface area contributed by atoms with Gasteiger partial charge in [0.05, 0.1) is 30.5 Å². The van der Waals surface area contributed by atoms with Gasteiger partial charge >= 0.3 is 0 Å². The molecule has 0 saturated carbocycles. The first-order valence-electron chi connectivity index (χ1n) is 6.65. The Bertz CT molecular complexity index is 840. The number of halogens is 1. The quantitative estimate of drug-likeness (QED) is 0.733. The lowest BCUT2D eigenvalue weighted by Crippen LogP contribution is -2.01. The zero-order valence-electron chi connectivity index (χ0n) is 11.4. The highest BCUT2D eigenvalue weighted by Crippen LogP contribution is 2.16. The molecule has 0 aliphatic carbocycles. The summed E-state index contributed by atoms with van der Waals surface area (Å²) < 4.78 is 16.1. The molecule has 1 aromatic heterocycles. The van der Waals surface area contributed by atoms with Crippen LogP contribution in [0, 0.1) is 17.7 Å². The van der Waals surface area contributed by atoms with E-state index in [0.717, 1.165) is 11.0 Å². The maximum absolute atomic E-state index is 14.1. The predicted molar refractivity (Wildman–Crippen MR) is 81.2 cm³/mol. The second-order valence-electron chi connectivity index (χ2n) is 4.67. The van der Waals surface area contributed by atoms with Crippen molar-refractivity contribution in [2.75, 3.05) is 6.54 Å². The topological polar surface area (TPSA) is 43.8 Å². The molecule has 2 N–H and O–H groups in total. The van der Waals surface area contributed by atoms with Gasteiger partial charge in [-0.1, -0.05) is 30.0 Å². The second kappa shape index (κ2) is 5.78. The highest BCUT2D eigenvalue weighted by Gasteiger charge is 2.06. The molecule has 1 heterocycles. The van der Waals surface area contributed by atoms with Crippen LogP contribution in [0.5, 0.6) is 0 Å². The molecule has 0 amide bonds. The van der Waals surface area contributed by atoms with Gasteiger partial charge in [-0.2, -0.15) is 0 Å². The number of nitrogens with two attached hydrogens (primary N) is 1. The number of imidazole rings is 1. The van der Waals surface area contributed by atoms with Crippen LogP contribution in [-0.2, 0) is 6.54 Å². The van der Waals surface area contributed by atoms with Crippen molar-refractivity contribution in [3.63, 3.8) is 0 Å². The summed E-state index contributed by atoms with van der Waals surface area (Å²) in [6.07, 6.45) is 1.73. The molecule has 4 heteroatoms. The van der Waals surface area contributed by atoms with Crippen LogP contribution in [0.25, 0.3) is 11.0 Å². The number of rotatable bonds is 2. The van der Waals surface area contributed by atoms with Gasteiger partial charge in [0.15, 0.2) is 0 Å². The molecule has 3 aromatic rings. The van der Waals surface area contributed by atoms with Gasteiger partial charge in [0.2, 0.25) is 0 Å². The van der Waals surface area contributed by atoms with Crippen LogP contribution in [0.4, 0.5) is 4.39 Å². The molecule has 2 aromatic carbocycles. The summed E-state index contributed by atoms with van der Waals surface area (Å²) in [6.45, 7) is 0.710. The Hall–Kier alpha value is -2.64. The number of fused-ring (bicyclic) bond motifs is 1. The van der Waals surface area contributed by atoms with E-state index in [-0.39, 0.29) is 12.4 Å². The van der Waals surface area contributed by atoms with E-state index in [4.69, 9.17) is 5.73 Å². The van der Waals surface area contributed by atoms with E-state index in [1.165, 1.54) is 6.07 Å². The van der Waals surface area contributed by atoms with Crippen molar-refractivity contribution in [3.05, 3.63) is 65.7 Å². The Morgan fingerprint density at radius 3 is 2.86 bits per heavy atom. The number of para-hydroxylation sites is 2. The van der Waals surface area contributed by atoms with Crippen molar-refractivity contribution in [1.29, 1.82) is 0 Å². The van der Waals surface area contributed by atoms with Crippen LogP contribution in [0.3, 0.4) is 0 Å². The average molecular weight is 279 g/mol. The summed E-state index contributed by atoms with van der Waals surface area (Å²) in [4.78, 5) is 4.31. The van der Waals surface area contributed by atoms with Gasteiger partial charge in [0.1, 0.15) is 5.82 Å². The Morgan fingerprint density at radius 1 is 1.19 bits per heavy atom. The molecule has 0 radical (unpaired) electrons. The number of aromatic nitrogens is 2. The van der Waals surface area contributed by atoms with E-state index in [1.54, 1.807) is 18.5 Å². The molecule has 104 valence electrons. The van der Waals surface area contributed by atoms with E-state index in [2.05, 4.69) is 16.8 Å². The largest absolute Gasteiger partial charge is 0.326 e. The standard InChI is InChI=1S/C17H14FN3/c18-15-10-13(4-3-9-19)7-8-14(15)11-21-12-20-16-5-1-2-6-17(16)21/h1-2,5-8,10,12H,9,11,19H2. The fourth-order valence-corrected chi connectivity index (χ4v) is 2.23. The van der Waals surface area contributed by atoms with Gasteiger partial charge in [-0.25, -0.2) is 9.37 Å². The maximum Gasteiger partial charge on any atom is 0.129 e. The molecule has 0 saturated heterocycles. The maximum atomic E-state index is 14.1. The summed E-state index contributed by atoms with van der Waals surface area (Å²) in [6, 6.07) is 12.8. The van der Waals surface area contributed by atoms with Gasteiger partial charge in [-0.05, 0) is 24.3 Å². The summed E-state index contributed by atoms with van der Waals surface area (Å²) in [5.74, 6) is 5.28. The molecule has 0 fully saturated rings. The Kier molecular flexibility index (Phi) is 3.67. The monoisotopic (exact) mass is 279 g/mol. The fourth-order valence-electron chi connectivity index (χ4n) is 2.23. The first-order chi connectivity index (χ1) is 10.3. The third-order valence-corrected chi connectivity index (χ3v) is 3.26. The van der Waals surface area contributed by atoms with E-state index < -0.39 is 0 Å². The summed E-state index contributed by atoms with van der Waals surface area (Å²) in [5.41, 5.74) is 8.45. The molecular formula is C17H14FN3. The number of hydrogen-bond acceptors (Lipinski definition) is 2. The molecule has 3 rings (SSSR count). The zero-order valence-corrected chi connectivity index (χ0v) is 11.4. The first-order valence-corrected chi connectivity index (χ1v) is 6.65. The van der Waals surface area contributed by atoms with Crippen molar-refractivity contribution in [3.8, 4) is 11.8 Å². The highest BCUT2D eigenvalue weighted by molar-refractivity contribution is 5.75. The second-order valence-corrected chi connectivity index (χ2v) is 4.67. The Balaban J connectivity index is 1.91. The summed E-state index contributed by atoms with van der Waals surface area (Å²) in [5, 5.41) is 0. The van der Waals surface area contributed by atoms with Crippen molar-refractivity contribution in [2.24, 2.45) is 5.73 Å². The van der Waals surface area contributed by atoms with Crippen LogP contribution < -0.4 is 5.73 Å². The van der Waals surface area contributed by atoms with Crippen LogP contribution in [0.15, 0.2) is 48.8 Å². The third-order valence-electron chi connectivity index (χ3n) is 3.26. The van der Waals surface area contributed by atoms with Gasteiger partial charge in [0, 0.05) is 11.1 Å². The van der Waals surface area contributed by atoms with E-state index >= 15 is 0 Å². The molecular weight excluding hydrogens is 265 g/mol. The average Bonchev–Trinajstić information content (AvgIpc) is 2.91. The lowest BCUT2D eigenvalue weighted by molar-refractivity contribution is 0.601. The zero-order chi connectivity index (χ0) is 14.7. The number of nitrogens with zero attached hydrogens (tertiary/aromatic N) is 2. The molecule has 0 atom stereocenters. The van der Waals surface area contributed by atoms with Crippen LogP contribution >= 0.6 is 0 Å². The lowest BCUT2D eigenvalue weighted by Gasteiger charge is -2.06. The van der Waals surface area contributed by atoms with Crippen LogP contribution in [-0.4, -0.2) is 16.1 Å². The van der Waals surface area contributed by atoms with Crippen molar-refractivity contribution < 1.29 is 4.39 Å². The first kappa shape index (κ1) is 13.3. The molecule has 21 heavy (non-hydrogen) atoms. The van der Waals surface area contributed by atoms with Crippen molar-refractivity contribution >= 4 is 11.0 Å². The Morgan fingerprint density at radius 2 is 2.05 bits per heavy atom. The molecule has 0 unspecified atom stereocenters. The third kappa shape index (κ3) is 2.78. The normalized spacial score (nSPS) is 10.4. The summed E-state index contributed by atoms with van der Waals surface area (Å²) >= 11 is 0. The fraction of sp³-hybridized carbons (Fsp3) is 0.118. The molecule has 0 aliphatic heterocycles. The van der Waals surface area contributed by atoms with Gasteiger partial charge in [0.25, 0.3) is 0 Å². The van der Waals surface area contributed by atoms with E-state index in [9.17, 15) is 4.39 Å². The Labute approximate surface area is 122 Å². The van der Waals surface area contributed by atoms with Crippen molar-refractivity contribution in [2.45, 2.75) is 6.54 Å². The lowest BCUT2D eigenvalue weighted by atomic mass is 10.1. The van der Waals surface area contributed by atoms with Gasteiger partial charge in [-0.15, -0.1) is 0 Å². The van der Waals surface area contributed by atoms with Crippen molar-refractivity contribution in [1.82, 2.24) is 9.55 Å². The van der Waals surface area contributed by atoms with E-state index in [0.29, 0.717) is 17.7 Å². The molecule has 0 bridgehead atoms.